The van der Waals surface area contributed by atoms with Gasteiger partial charge in [-0.3, -0.25) is 0 Å². The summed E-state index contributed by atoms with van der Waals surface area (Å²) in [5.41, 5.74) is 6.29. The molecule has 0 bridgehead atoms. The van der Waals surface area contributed by atoms with Crippen LogP contribution in [0.1, 0.15) is 0 Å². The minimum absolute atomic E-state index is 0.186. The molecule has 0 aliphatic rings. The van der Waals surface area contributed by atoms with E-state index in [1.807, 2.05) is 24.3 Å². The summed E-state index contributed by atoms with van der Waals surface area (Å²) >= 11 is 0. The fraction of sp³-hybridized carbons (Fsp3) is 0.100. The Hall–Kier alpha value is -2.37. The molecule has 3 N–H and O–H groups in total. The van der Waals surface area contributed by atoms with Crippen molar-refractivity contribution in [3.63, 3.8) is 0 Å². The molecule has 1 aromatic heterocycles. The van der Waals surface area contributed by atoms with Crippen molar-refractivity contribution in [2.45, 2.75) is 0 Å². The molecule has 6 nitrogen and oxygen atoms in total. The maximum atomic E-state index is 5.44. The summed E-state index contributed by atoms with van der Waals surface area (Å²) < 4.78 is 5.05. The lowest BCUT2D eigenvalue weighted by Gasteiger charge is -2.05. The first-order valence-corrected chi connectivity index (χ1v) is 4.63. The van der Waals surface area contributed by atoms with Crippen LogP contribution in [-0.2, 0) is 0 Å². The number of aromatic nitrogens is 3. The number of nitrogens with two attached hydrogens (primary N) is 1. The van der Waals surface area contributed by atoms with E-state index in [9.17, 15) is 0 Å². The van der Waals surface area contributed by atoms with Crippen LogP contribution in [0.2, 0.25) is 0 Å². The molecular weight excluding hydrogens is 206 g/mol. The highest BCUT2D eigenvalue weighted by Crippen LogP contribution is 2.17. The Balaban J connectivity index is 2.14. The predicted octanol–water partition coefficient (Wildman–Crippen LogP) is 1.21. The zero-order chi connectivity index (χ0) is 11.4. The molecule has 0 saturated heterocycles. The molecule has 0 aliphatic heterocycles. The molecular formula is C10H11N5O. The first-order chi connectivity index (χ1) is 7.78. The van der Waals surface area contributed by atoms with Gasteiger partial charge < -0.3 is 15.8 Å². The van der Waals surface area contributed by atoms with Gasteiger partial charge in [0, 0.05) is 5.69 Å². The molecule has 0 aliphatic carbocycles. The van der Waals surface area contributed by atoms with Crippen molar-refractivity contribution in [3.05, 3.63) is 30.6 Å². The molecule has 6 heteroatoms. The number of rotatable bonds is 3. The summed E-state index contributed by atoms with van der Waals surface area (Å²) in [5.74, 6) is 1.39. The smallest absolute Gasteiger partial charge is 0.231 e. The van der Waals surface area contributed by atoms with E-state index in [1.54, 1.807) is 7.11 Å². The number of nitrogens with zero attached hydrogens (tertiary/aromatic N) is 3. The molecule has 1 heterocycles. The average molecular weight is 217 g/mol. The standard InChI is InChI=1S/C10H11N5O/c1-16-8-4-2-7(3-5-8)14-10-13-6-12-9(11)15-10/h2-6H,1H3,(H3,11,12,13,14,15). The topological polar surface area (TPSA) is 86.0 Å². The van der Waals surface area contributed by atoms with Crippen LogP contribution < -0.4 is 15.8 Å². The number of nitrogens with one attached hydrogen (secondary N) is 1. The zero-order valence-electron chi connectivity index (χ0n) is 8.71. The largest absolute Gasteiger partial charge is 0.497 e. The lowest BCUT2D eigenvalue weighted by molar-refractivity contribution is 0.415. The van der Waals surface area contributed by atoms with Gasteiger partial charge in [0.15, 0.2) is 0 Å². The molecule has 2 rings (SSSR count). The molecule has 2 aromatic rings. The van der Waals surface area contributed by atoms with Gasteiger partial charge in [0.2, 0.25) is 11.9 Å². The minimum Gasteiger partial charge on any atom is -0.497 e. The van der Waals surface area contributed by atoms with Gasteiger partial charge in [0.05, 0.1) is 7.11 Å². The number of methoxy groups -OCH3 is 1. The Kier molecular flexibility index (Phi) is 2.81. The number of hydrogen-bond donors (Lipinski definition) is 2. The summed E-state index contributed by atoms with van der Waals surface area (Å²) in [6.07, 6.45) is 1.36. The first kappa shape index (κ1) is 10.2. The van der Waals surface area contributed by atoms with Crippen molar-refractivity contribution in [3.8, 4) is 5.75 Å². The van der Waals surface area contributed by atoms with Gasteiger partial charge in [-0.1, -0.05) is 0 Å². The van der Waals surface area contributed by atoms with Crippen LogP contribution in [-0.4, -0.2) is 22.1 Å². The highest BCUT2D eigenvalue weighted by Gasteiger charge is 1.98. The van der Waals surface area contributed by atoms with Crippen molar-refractivity contribution in [2.75, 3.05) is 18.2 Å². The first-order valence-electron chi connectivity index (χ1n) is 4.63. The normalized spacial score (nSPS) is 9.81. The van der Waals surface area contributed by atoms with Crippen LogP contribution >= 0.6 is 0 Å². The summed E-state index contributed by atoms with van der Waals surface area (Å²) in [4.78, 5) is 11.6. The van der Waals surface area contributed by atoms with Crippen LogP contribution in [0.15, 0.2) is 30.6 Å². The third-order valence-corrected chi connectivity index (χ3v) is 1.94. The van der Waals surface area contributed by atoms with Crippen LogP contribution in [0.25, 0.3) is 0 Å². The van der Waals surface area contributed by atoms with Crippen molar-refractivity contribution in [1.82, 2.24) is 15.0 Å². The van der Waals surface area contributed by atoms with E-state index < -0.39 is 0 Å². The molecule has 0 spiro atoms. The fourth-order valence-corrected chi connectivity index (χ4v) is 1.17. The van der Waals surface area contributed by atoms with Crippen LogP contribution in [0.4, 0.5) is 17.6 Å². The number of benzene rings is 1. The van der Waals surface area contributed by atoms with E-state index in [-0.39, 0.29) is 5.95 Å². The van der Waals surface area contributed by atoms with Gasteiger partial charge in [-0.25, -0.2) is 9.97 Å². The molecule has 0 saturated carbocycles. The lowest BCUT2D eigenvalue weighted by atomic mass is 10.3. The summed E-state index contributed by atoms with van der Waals surface area (Å²) in [7, 11) is 1.62. The van der Waals surface area contributed by atoms with E-state index in [0.717, 1.165) is 11.4 Å². The lowest BCUT2D eigenvalue weighted by Crippen LogP contribution is -2.01. The number of nitrogen functional groups attached to an aromatic ring is 1. The predicted molar refractivity (Wildman–Crippen MR) is 60.5 cm³/mol. The second-order valence-electron chi connectivity index (χ2n) is 3.02. The molecule has 0 radical (unpaired) electrons. The molecule has 0 fully saturated rings. The second-order valence-corrected chi connectivity index (χ2v) is 3.02. The third-order valence-electron chi connectivity index (χ3n) is 1.94. The van der Waals surface area contributed by atoms with Crippen molar-refractivity contribution < 1.29 is 4.74 Å². The maximum Gasteiger partial charge on any atom is 0.231 e. The highest BCUT2D eigenvalue weighted by atomic mass is 16.5. The second kappa shape index (κ2) is 4.43. The Morgan fingerprint density at radius 1 is 1.19 bits per heavy atom. The monoisotopic (exact) mass is 217 g/mol. The van der Waals surface area contributed by atoms with Gasteiger partial charge in [-0.2, -0.15) is 4.98 Å². The van der Waals surface area contributed by atoms with Gasteiger partial charge in [0.1, 0.15) is 12.1 Å². The Morgan fingerprint density at radius 3 is 2.56 bits per heavy atom. The van der Waals surface area contributed by atoms with Crippen LogP contribution in [0.5, 0.6) is 5.75 Å². The summed E-state index contributed by atoms with van der Waals surface area (Å²) in [6.45, 7) is 0. The molecule has 0 unspecified atom stereocenters. The van der Waals surface area contributed by atoms with Gasteiger partial charge >= 0.3 is 0 Å². The van der Waals surface area contributed by atoms with Gasteiger partial charge in [0.25, 0.3) is 0 Å². The van der Waals surface area contributed by atoms with Crippen LogP contribution in [0, 0.1) is 0 Å². The molecule has 82 valence electrons. The Labute approximate surface area is 92.5 Å². The van der Waals surface area contributed by atoms with Crippen molar-refractivity contribution in [2.24, 2.45) is 0 Å². The molecule has 16 heavy (non-hydrogen) atoms. The van der Waals surface area contributed by atoms with E-state index >= 15 is 0 Å². The summed E-state index contributed by atoms with van der Waals surface area (Å²) in [6, 6.07) is 7.40. The minimum atomic E-state index is 0.186. The van der Waals surface area contributed by atoms with E-state index in [0.29, 0.717) is 5.95 Å². The van der Waals surface area contributed by atoms with Crippen molar-refractivity contribution in [1.29, 1.82) is 0 Å². The Morgan fingerprint density at radius 2 is 1.94 bits per heavy atom. The Bertz CT molecular complexity index is 471. The SMILES string of the molecule is COc1ccc(Nc2ncnc(N)n2)cc1. The fourth-order valence-electron chi connectivity index (χ4n) is 1.17. The van der Waals surface area contributed by atoms with E-state index in [2.05, 4.69) is 20.3 Å². The summed E-state index contributed by atoms with van der Waals surface area (Å²) in [5, 5.41) is 3.00. The quantitative estimate of drug-likeness (QED) is 0.803. The van der Waals surface area contributed by atoms with Gasteiger partial charge in [-0.15, -0.1) is 0 Å². The molecule has 1 aromatic carbocycles. The van der Waals surface area contributed by atoms with Crippen LogP contribution in [0.3, 0.4) is 0 Å². The van der Waals surface area contributed by atoms with Crippen molar-refractivity contribution >= 4 is 17.6 Å². The highest BCUT2D eigenvalue weighted by molar-refractivity contribution is 5.54. The number of anilines is 3. The average Bonchev–Trinajstić information content (AvgIpc) is 2.30. The van der Waals surface area contributed by atoms with E-state index in [4.69, 9.17) is 10.5 Å². The van der Waals surface area contributed by atoms with Gasteiger partial charge in [-0.05, 0) is 24.3 Å². The number of ether oxygens (including phenoxy) is 1. The van der Waals surface area contributed by atoms with E-state index in [1.165, 1.54) is 6.33 Å². The third kappa shape index (κ3) is 2.35. The maximum absolute atomic E-state index is 5.44. The zero-order valence-corrected chi connectivity index (χ0v) is 8.71. The molecule has 0 atom stereocenters. The molecule has 0 amide bonds. The number of hydrogen-bond acceptors (Lipinski definition) is 6.